The van der Waals surface area contributed by atoms with Crippen LogP contribution < -0.4 is 10.0 Å². The average Bonchev–Trinajstić information content (AvgIpc) is 2.57. The molecule has 6 nitrogen and oxygen atoms in total. The Balaban J connectivity index is 2.09. The van der Waals surface area contributed by atoms with Crippen LogP contribution in [0.25, 0.3) is 0 Å². The molecular formula is C16H16ClFN2O4S. The first-order valence-electron chi connectivity index (χ1n) is 7.18. The van der Waals surface area contributed by atoms with Crippen LogP contribution in [0.3, 0.4) is 0 Å². The average molecular weight is 387 g/mol. The van der Waals surface area contributed by atoms with Gasteiger partial charge in [0.2, 0.25) is 10.0 Å². The van der Waals surface area contributed by atoms with Gasteiger partial charge in [-0.15, -0.1) is 0 Å². The van der Waals surface area contributed by atoms with Crippen molar-refractivity contribution in [1.29, 1.82) is 0 Å². The Kier molecular flexibility index (Phi) is 6.49. The van der Waals surface area contributed by atoms with E-state index < -0.39 is 21.7 Å². The third-order valence-corrected chi connectivity index (χ3v) is 4.92. The van der Waals surface area contributed by atoms with Crippen molar-refractivity contribution in [3.8, 4) is 0 Å². The second kappa shape index (κ2) is 8.39. The fourth-order valence-electron chi connectivity index (χ4n) is 1.93. The van der Waals surface area contributed by atoms with Crippen molar-refractivity contribution < 1.29 is 22.3 Å². The Hall–Kier alpha value is -2.00. The standard InChI is InChI=1S/C16H16ClFN2O4S/c1-24-9-8-19-25(22,23)13-5-2-11(3-6-13)16(21)20-15-7-4-12(17)10-14(15)18/h2-7,10,19H,8-9H2,1H3,(H,20,21). The molecule has 0 saturated heterocycles. The van der Waals surface area contributed by atoms with E-state index in [1.54, 1.807) is 0 Å². The highest BCUT2D eigenvalue weighted by Crippen LogP contribution is 2.20. The van der Waals surface area contributed by atoms with E-state index in [1.807, 2.05) is 0 Å². The number of amides is 1. The van der Waals surface area contributed by atoms with Crippen LogP contribution in [0, 0.1) is 5.82 Å². The molecule has 25 heavy (non-hydrogen) atoms. The summed E-state index contributed by atoms with van der Waals surface area (Å²) in [6.07, 6.45) is 0. The van der Waals surface area contributed by atoms with E-state index in [1.165, 1.54) is 43.5 Å². The number of carbonyl (C=O) groups is 1. The summed E-state index contributed by atoms with van der Waals surface area (Å²) >= 11 is 5.65. The number of rotatable bonds is 7. The van der Waals surface area contributed by atoms with Crippen LogP contribution in [0.5, 0.6) is 0 Å². The molecule has 0 aliphatic carbocycles. The zero-order chi connectivity index (χ0) is 18.4. The first-order valence-corrected chi connectivity index (χ1v) is 9.04. The first kappa shape index (κ1) is 19.3. The minimum absolute atomic E-state index is 0.0119. The lowest BCUT2D eigenvalue weighted by molar-refractivity contribution is 0.102. The number of hydrogen-bond donors (Lipinski definition) is 2. The quantitative estimate of drug-likeness (QED) is 0.716. The summed E-state index contributed by atoms with van der Waals surface area (Å²) in [7, 11) is -2.22. The molecule has 0 radical (unpaired) electrons. The number of hydrogen-bond acceptors (Lipinski definition) is 4. The number of ether oxygens (including phenoxy) is 1. The van der Waals surface area contributed by atoms with E-state index in [4.69, 9.17) is 16.3 Å². The monoisotopic (exact) mass is 386 g/mol. The van der Waals surface area contributed by atoms with Gasteiger partial charge in [0.1, 0.15) is 5.82 Å². The normalized spacial score (nSPS) is 11.3. The van der Waals surface area contributed by atoms with Gasteiger partial charge in [0.05, 0.1) is 17.2 Å². The molecule has 0 aliphatic rings. The largest absolute Gasteiger partial charge is 0.383 e. The van der Waals surface area contributed by atoms with E-state index in [0.29, 0.717) is 0 Å². The maximum Gasteiger partial charge on any atom is 0.255 e. The summed E-state index contributed by atoms with van der Waals surface area (Å²) in [5.41, 5.74) is 0.164. The summed E-state index contributed by atoms with van der Waals surface area (Å²) in [4.78, 5) is 12.1. The Morgan fingerprint density at radius 3 is 2.48 bits per heavy atom. The lowest BCUT2D eigenvalue weighted by Crippen LogP contribution is -2.27. The fourth-order valence-corrected chi connectivity index (χ4v) is 3.10. The van der Waals surface area contributed by atoms with Gasteiger partial charge in [0.15, 0.2) is 0 Å². The second-order valence-electron chi connectivity index (χ2n) is 4.99. The summed E-state index contributed by atoms with van der Waals surface area (Å²) in [6.45, 7) is 0.378. The van der Waals surface area contributed by atoms with Crippen molar-refractivity contribution in [3.63, 3.8) is 0 Å². The second-order valence-corrected chi connectivity index (χ2v) is 7.20. The van der Waals surface area contributed by atoms with Crippen molar-refractivity contribution >= 4 is 33.2 Å². The maximum atomic E-state index is 13.7. The van der Waals surface area contributed by atoms with Gasteiger partial charge >= 0.3 is 0 Å². The van der Waals surface area contributed by atoms with Gasteiger partial charge in [-0.1, -0.05) is 11.6 Å². The number of halogens is 2. The number of anilines is 1. The van der Waals surface area contributed by atoms with Crippen molar-refractivity contribution in [2.24, 2.45) is 0 Å². The minimum atomic E-state index is -3.68. The zero-order valence-corrected chi connectivity index (χ0v) is 14.8. The summed E-state index contributed by atoms with van der Waals surface area (Å²) in [6, 6.07) is 9.14. The van der Waals surface area contributed by atoms with Gasteiger partial charge in [-0.3, -0.25) is 4.79 Å². The third-order valence-electron chi connectivity index (χ3n) is 3.20. The molecule has 0 unspecified atom stereocenters. The van der Waals surface area contributed by atoms with Crippen LogP contribution >= 0.6 is 11.6 Å². The van der Waals surface area contributed by atoms with Gasteiger partial charge in [-0.2, -0.15) is 0 Å². The predicted molar refractivity (Wildman–Crippen MR) is 92.9 cm³/mol. The molecule has 0 saturated carbocycles. The highest BCUT2D eigenvalue weighted by atomic mass is 35.5. The molecule has 2 aromatic rings. The summed E-state index contributed by atoms with van der Waals surface area (Å²) in [5.74, 6) is -1.24. The molecule has 2 aromatic carbocycles. The van der Waals surface area contributed by atoms with Crippen molar-refractivity contribution in [2.75, 3.05) is 25.6 Å². The number of sulfonamides is 1. The van der Waals surface area contributed by atoms with Crippen LogP contribution in [0.2, 0.25) is 5.02 Å². The predicted octanol–water partition coefficient (Wildman–Crippen LogP) is 2.66. The van der Waals surface area contributed by atoms with Crippen LogP contribution in [0.1, 0.15) is 10.4 Å². The number of benzene rings is 2. The minimum Gasteiger partial charge on any atom is -0.383 e. The van der Waals surface area contributed by atoms with E-state index in [2.05, 4.69) is 10.0 Å². The molecule has 0 spiro atoms. The summed E-state index contributed by atoms with van der Waals surface area (Å²) < 4.78 is 44.9. The van der Waals surface area contributed by atoms with Crippen molar-refractivity contribution in [1.82, 2.24) is 4.72 Å². The number of carbonyl (C=O) groups excluding carboxylic acids is 1. The van der Waals surface area contributed by atoms with E-state index in [0.717, 1.165) is 6.07 Å². The first-order chi connectivity index (χ1) is 11.8. The van der Waals surface area contributed by atoms with E-state index in [9.17, 15) is 17.6 Å². The molecule has 2 rings (SSSR count). The molecular weight excluding hydrogens is 371 g/mol. The van der Waals surface area contributed by atoms with Crippen molar-refractivity contribution in [2.45, 2.75) is 4.90 Å². The zero-order valence-electron chi connectivity index (χ0n) is 13.3. The molecule has 0 atom stereocenters. The Morgan fingerprint density at radius 2 is 1.88 bits per heavy atom. The lowest BCUT2D eigenvalue weighted by atomic mass is 10.2. The Bertz CT molecular complexity index is 857. The highest BCUT2D eigenvalue weighted by molar-refractivity contribution is 7.89. The lowest BCUT2D eigenvalue weighted by Gasteiger charge is -2.09. The van der Waals surface area contributed by atoms with Gasteiger partial charge in [0, 0.05) is 24.2 Å². The smallest absolute Gasteiger partial charge is 0.255 e. The van der Waals surface area contributed by atoms with Gasteiger partial charge in [0.25, 0.3) is 5.91 Å². The van der Waals surface area contributed by atoms with E-state index in [-0.39, 0.29) is 34.3 Å². The molecule has 0 heterocycles. The van der Waals surface area contributed by atoms with Crippen molar-refractivity contribution in [3.05, 3.63) is 58.9 Å². The number of methoxy groups -OCH3 is 1. The molecule has 0 aliphatic heterocycles. The molecule has 0 aromatic heterocycles. The van der Waals surface area contributed by atoms with Crippen LogP contribution in [0.15, 0.2) is 47.4 Å². The molecule has 0 fully saturated rings. The van der Waals surface area contributed by atoms with Crippen LogP contribution in [0.4, 0.5) is 10.1 Å². The Morgan fingerprint density at radius 1 is 1.20 bits per heavy atom. The molecule has 2 N–H and O–H groups in total. The van der Waals surface area contributed by atoms with Gasteiger partial charge < -0.3 is 10.1 Å². The Labute approximate surface area is 150 Å². The fraction of sp³-hybridized carbons (Fsp3) is 0.188. The van der Waals surface area contributed by atoms with Crippen LogP contribution in [-0.4, -0.2) is 34.6 Å². The van der Waals surface area contributed by atoms with Crippen LogP contribution in [-0.2, 0) is 14.8 Å². The number of nitrogens with one attached hydrogen (secondary N) is 2. The molecule has 134 valence electrons. The maximum absolute atomic E-state index is 13.7. The highest BCUT2D eigenvalue weighted by Gasteiger charge is 2.15. The SMILES string of the molecule is COCCNS(=O)(=O)c1ccc(C(=O)Nc2ccc(Cl)cc2F)cc1. The molecule has 1 amide bonds. The van der Waals surface area contributed by atoms with E-state index >= 15 is 0 Å². The topological polar surface area (TPSA) is 84.5 Å². The molecule has 9 heteroatoms. The molecule has 0 bridgehead atoms. The van der Waals surface area contributed by atoms with Gasteiger partial charge in [-0.05, 0) is 42.5 Å². The summed E-state index contributed by atoms with van der Waals surface area (Å²) in [5, 5.41) is 2.61. The van der Waals surface area contributed by atoms with Gasteiger partial charge in [-0.25, -0.2) is 17.5 Å². The third kappa shape index (κ3) is 5.23.